The summed E-state index contributed by atoms with van der Waals surface area (Å²) in [5.74, 6) is -0.0945. The lowest BCUT2D eigenvalue weighted by Crippen LogP contribution is -2.41. The summed E-state index contributed by atoms with van der Waals surface area (Å²) < 4.78 is 0. The van der Waals surface area contributed by atoms with Crippen molar-refractivity contribution >= 4 is 16.7 Å². The molecule has 100 valence electrons. The van der Waals surface area contributed by atoms with Gasteiger partial charge in [0.25, 0.3) is 0 Å². The molecule has 0 saturated heterocycles. The molecule has 0 radical (unpaired) electrons. The van der Waals surface area contributed by atoms with E-state index in [0.717, 1.165) is 5.56 Å². The van der Waals surface area contributed by atoms with Gasteiger partial charge in [-0.25, -0.2) is 0 Å². The fraction of sp³-hybridized carbons (Fsp3) is 0.312. The molecule has 2 aromatic rings. The van der Waals surface area contributed by atoms with Gasteiger partial charge in [-0.2, -0.15) is 0 Å². The first-order chi connectivity index (χ1) is 9.13. The molecular formula is C16H20N2O. The van der Waals surface area contributed by atoms with Gasteiger partial charge in [0, 0.05) is 0 Å². The molecule has 0 heterocycles. The SMILES string of the molecule is CC[C@@H](N)C(=O)NC(C)c1cccc2ccccc12. The first-order valence-corrected chi connectivity index (χ1v) is 6.67. The second kappa shape index (κ2) is 5.85. The molecule has 3 heteroatoms. The lowest BCUT2D eigenvalue weighted by Gasteiger charge is -2.18. The Morgan fingerprint density at radius 2 is 1.89 bits per heavy atom. The number of benzene rings is 2. The third kappa shape index (κ3) is 2.93. The van der Waals surface area contributed by atoms with Crippen molar-refractivity contribution in [3.05, 3.63) is 48.0 Å². The van der Waals surface area contributed by atoms with Crippen molar-refractivity contribution < 1.29 is 4.79 Å². The van der Waals surface area contributed by atoms with Crippen LogP contribution in [0.5, 0.6) is 0 Å². The fourth-order valence-electron chi connectivity index (χ4n) is 2.21. The molecule has 0 saturated carbocycles. The molecule has 3 nitrogen and oxygen atoms in total. The van der Waals surface area contributed by atoms with Crippen molar-refractivity contribution in [1.82, 2.24) is 5.32 Å². The Labute approximate surface area is 113 Å². The van der Waals surface area contributed by atoms with Crippen LogP contribution in [0.15, 0.2) is 42.5 Å². The molecular weight excluding hydrogens is 236 g/mol. The molecule has 0 aliphatic rings. The highest BCUT2D eigenvalue weighted by atomic mass is 16.2. The highest BCUT2D eigenvalue weighted by Crippen LogP contribution is 2.23. The average molecular weight is 256 g/mol. The molecule has 3 N–H and O–H groups in total. The summed E-state index contributed by atoms with van der Waals surface area (Å²) in [6.45, 7) is 3.90. The van der Waals surface area contributed by atoms with E-state index < -0.39 is 6.04 Å². The summed E-state index contributed by atoms with van der Waals surface area (Å²) in [4.78, 5) is 11.9. The molecule has 1 amide bonds. The van der Waals surface area contributed by atoms with Gasteiger partial charge in [0.2, 0.25) is 5.91 Å². The van der Waals surface area contributed by atoms with E-state index >= 15 is 0 Å². The number of nitrogens with one attached hydrogen (secondary N) is 1. The van der Waals surface area contributed by atoms with E-state index in [4.69, 9.17) is 5.73 Å². The Hall–Kier alpha value is -1.87. The van der Waals surface area contributed by atoms with E-state index in [1.54, 1.807) is 0 Å². The predicted octanol–water partition coefficient (Wildman–Crippen LogP) is 2.75. The van der Waals surface area contributed by atoms with E-state index in [1.807, 2.05) is 38.1 Å². The Morgan fingerprint density at radius 1 is 1.21 bits per heavy atom. The zero-order valence-electron chi connectivity index (χ0n) is 11.4. The van der Waals surface area contributed by atoms with E-state index in [-0.39, 0.29) is 11.9 Å². The minimum Gasteiger partial charge on any atom is -0.348 e. The monoisotopic (exact) mass is 256 g/mol. The van der Waals surface area contributed by atoms with E-state index in [1.165, 1.54) is 10.8 Å². The van der Waals surface area contributed by atoms with Crippen molar-refractivity contribution in [2.75, 3.05) is 0 Å². The van der Waals surface area contributed by atoms with Gasteiger partial charge in [-0.1, -0.05) is 49.4 Å². The highest BCUT2D eigenvalue weighted by Gasteiger charge is 2.16. The largest absolute Gasteiger partial charge is 0.348 e. The van der Waals surface area contributed by atoms with Gasteiger partial charge in [0.05, 0.1) is 12.1 Å². The van der Waals surface area contributed by atoms with Crippen molar-refractivity contribution in [2.24, 2.45) is 5.73 Å². The van der Waals surface area contributed by atoms with Gasteiger partial charge in [0.15, 0.2) is 0 Å². The first-order valence-electron chi connectivity index (χ1n) is 6.67. The predicted molar refractivity (Wildman–Crippen MR) is 78.8 cm³/mol. The van der Waals surface area contributed by atoms with Gasteiger partial charge in [-0.05, 0) is 29.7 Å². The zero-order valence-corrected chi connectivity index (χ0v) is 11.4. The molecule has 0 aliphatic heterocycles. The molecule has 1 unspecified atom stereocenters. The molecule has 0 spiro atoms. The number of carbonyl (C=O) groups is 1. The lowest BCUT2D eigenvalue weighted by molar-refractivity contribution is -0.123. The van der Waals surface area contributed by atoms with Gasteiger partial charge in [-0.3, -0.25) is 4.79 Å². The van der Waals surface area contributed by atoms with Crippen LogP contribution in [-0.2, 0) is 4.79 Å². The smallest absolute Gasteiger partial charge is 0.237 e. The lowest BCUT2D eigenvalue weighted by atomic mass is 9.99. The maximum atomic E-state index is 11.9. The van der Waals surface area contributed by atoms with Crippen molar-refractivity contribution in [2.45, 2.75) is 32.4 Å². The topological polar surface area (TPSA) is 55.1 Å². The summed E-state index contributed by atoms with van der Waals surface area (Å²) >= 11 is 0. The molecule has 2 rings (SSSR count). The molecule has 19 heavy (non-hydrogen) atoms. The van der Waals surface area contributed by atoms with E-state index in [2.05, 4.69) is 23.5 Å². The third-order valence-corrected chi connectivity index (χ3v) is 3.43. The summed E-state index contributed by atoms with van der Waals surface area (Å²) in [5.41, 5.74) is 6.86. The van der Waals surface area contributed by atoms with Crippen molar-refractivity contribution in [1.29, 1.82) is 0 Å². The van der Waals surface area contributed by atoms with Crippen molar-refractivity contribution in [3.63, 3.8) is 0 Å². The van der Waals surface area contributed by atoms with Crippen molar-refractivity contribution in [3.8, 4) is 0 Å². The van der Waals surface area contributed by atoms with Crippen LogP contribution < -0.4 is 11.1 Å². The van der Waals surface area contributed by atoms with Gasteiger partial charge in [-0.15, -0.1) is 0 Å². The van der Waals surface area contributed by atoms with E-state index in [0.29, 0.717) is 6.42 Å². The first kappa shape index (κ1) is 13.6. The molecule has 2 atom stereocenters. The normalized spacial score (nSPS) is 14.1. The number of hydrogen-bond donors (Lipinski definition) is 2. The number of fused-ring (bicyclic) bond motifs is 1. The minimum absolute atomic E-state index is 0.0452. The third-order valence-electron chi connectivity index (χ3n) is 3.43. The molecule has 0 aliphatic carbocycles. The van der Waals surface area contributed by atoms with Crippen LogP contribution in [-0.4, -0.2) is 11.9 Å². The Morgan fingerprint density at radius 3 is 2.63 bits per heavy atom. The number of hydrogen-bond acceptors (Lipinski definition) is 2. The molecule has 0 aromatic heterocycles. The zero-order chi connectivity index (χ0) is 13.8. The number of nitrogens with two attached hydrogens (primary N) is 1. The van der Waals surface area contributed by atoms with Crippen LogP contribution in [0.2, 0.25) is 0 Å². The molecule has 0 bridgehead atoms. The Kier molecular flexibility index (Phi) is 4.17. The summed E-state index contributed by atoms with van der Waals surface area (Å²) in [5, 5.41) is 5.33. The summed E-state index contributed by atoms with van der Waals surface area (Å²) in [6.07, 6.45) is 0.647. The number of carbonyl (C=O) groups excluding carboxylic acids is 1. The number of rotatable bonds is 4. The van der Waals surface area contributed by atoms with Gasteiger partial charge < -0.3 is 11.1 Å². The van der Waals surface area contributed by atoms with Crippen LogP contribution in [0.25, 0.3) is 10.8 Å². The van der Waals surface area contributed by atoms with Gasteiger partial charge >= 0.3 is 0 Å². The van der Waals surface area contributed by atoms with E-state index in [9.17, 15) is 4.79 Å². The summed E-state index contributed by atoms with van der Waals surface area (Å²) in [6, 6.07) is 13.8. The molecule has 0 fully saturated rings. The van der Waals surface area contributed by atoms with Crippen LogP contribution in [0.1, 0.15) is 31.9 Å². The van der Waals surface area contributed by atoms with Gasteiger partial charge in [0.1, 0.15) is 0 Å². The number of amides is 1. The Balaban J connectivity index is 2.27. The van der Waals surface area contributed by atoms with Crippen LogP contribution in [0.3, 0.4) is 0 Å². The van der Waals surface area contributed by atoms with Crippen LogP contribution in [0.4, 0.5) is 0 Å². The summed E-state index contributed by atoms with van der Waals surface area (Å²) in [7, 11) is 0. The Bertz CT molecular complexity index is 574. The molecule has 2 aromatic carbocycles. The quantitative estimate of drug-likeness (QED) is 0.883. The van der Waals surface area contributed by atoms with Crippen LogP contribution in [0, 0.1) is 0 Å². The second-order valence-electron chi connectivity index (χ2n) is 4.81. The fourth-order valence-corrected chi connectivity index (χ4v) is 2.21. The second-order valence-corrected chi connectivity index (χ2v) is 4.81. The highest BCUT2D eigenvalue weighted by molar-refractivity contribution is 5.87. The minimum atomic E-state index is -0.433. The standard InChI is InChI=1S/C16H20N2O/c1-3-15(17)16(19)18-11(2)13-10-6-8-12-7-4-5-9-14(12)13/h4-11,15H,3,17H2,1-2H3,(H,18,19)/t11?,15-/m1/s1. The van der Waals surface area contributed by atoms with Crippen LogP contribution >= 0.6 is 0 Å². The average Bonchev–Trinajstić information content (AvgIpc) is 2.45. The maximum absolute atomic E-state index is 11.9. The maximum Gasteiger partial charge on any atom is 0.237 e.